The molecule has 20 heavy (non-hydrogen) atoms. The van der Waals surface area contributed by atoms with Crippen molar-refractivity contribution in [3.8, 4) is 0 Å². The second-order valence-electron chi connectivity index (χ2n) is 5.83. The summed E-state index contributed by atoms with van der Waals surface area (Å²) >= 11 is 1.77. The van der Waals surface area contributed by atoms with Crippen LogP contribution < -0.4 is 4.90 Å². The van der Waals surface area contributed by atoms with E-state index in [1.54, 1.807) is 17.7 Å². The summed E-state index contributed by atoms with van der Waals surface area (Å²) in [7, 11) is 0. The van der Waals surface area contributed by atoms with E-state index in [0.29, 0.717) is 18.4 Å². The molecule has 0 aromatic carbocycles. The van der Waals surface area contributed by atoms with Crippen LogP contribution >= 0.6 is 11.3 Å². The van der Waals surface area contributed by atoms with Gasteiger partial charge in [0.1, 0.15) is 17.0 Å². The summed E-state index contributed by atoms with van der Waals surface area (Å²) < 4.78 is 0. The van der Waals surface area contributed by atoms with Crippen molar-refractivity contribution in [1.82, 2.24) is 9.97 Å². The smallest absolute Gasteiger partial charge is 0.140 e. The third-order valence-corrected chi connectivity index (χ3v) is 5.41. The Kier molecular flexibility index (Phi) is 3.89. The number of aromatic nitrogens is 2. The predicted molar refractivity (Wildman–Crippen MR) is 83.5 cm³/mol. The van der Waals surface area contributed by atoms with Crippen LogP contribution in [0, 0.1) is 5.92 Å². The molecule has 0 amide bonds. The second-order valence-corrected chi connectivity index (χ2v) is 6.89. The molecule has 1 N–H and O–H groups in total. The first-order valence-electron chi connectivity index (χ1n) is 7.29. The van der Waals surface area contributed by atoms with Gasteiger partial charge in [0.2, 0.25) is 0 Å². The lowest BCUT2D eigenvalue weighted by molar-refractivity contribution is 0.203. The van der Waals surface area contributed by atoms with Gasteiger partial charge >= 0.3 is 0 Å². The molecule has 2 aromatic heterocycles. The molecule has 3 rings (SSSR count). The van der Waals surface area contributed by atoms with E-state index < -0.39 is 0 Å². The summed E-state index contributed by atoms with van der Waals surface area (Å²) in [6.45, 7) is 6.69. The Balaban J connectivity index is 1.91. The zero-order valence-electron chi connectivity index (χ0n) is 12.0. The number of fused-ring (bicyclic) bond motifs is 1. The number of aliphatic hydroxyl groups excluding tert-OH is 1. The summed E-state index contributed by atoms with van der Waals surface area (Å²) in [6.07, 6.45) is 3.77. The molecular formula is C15H21N3OS. The zero-order valence-corrected chi connectivity index (χ0v) is 12.9. The third-order valence-electron chi connectivity index (χ3n) is 4.07. The highest BCUT2D eigenvalue weighted by Gasteiger charge is 2.22. The summed E-state index contributed by atoms with van der Waals surface area (Å²) in [5.41, 5.74) is 0. The van der Waals surface area contributed by atoms with Crippen molar-refractivity contribution in [3.05, 3.63) is 17.3 Å². The molecule has 0 spiro atoms. The van der Waals surface area contributed by atoms with Gasteiger partial charge in [0.25, 0.3) is 0 Å². The zero-order chi connectivity index (χ0) is 14.1. The quantitative estimate of drug-likeness (QED) is 0.944. The van der Waals surface area contributed by atoms with E-state index in [0.717, 1.165) is 36.6 Å². The summed E-state index contributed by atoms with van der Waals surface area (Å²) in [5.74, 6) is 2.05. The number of thiophene rings is 1. The van der Waals surface area contributed by atoms with Crippen molar-refractivity contribution in [2.75, 3.05) is 24.6 Å². The molecule has 1 aliphatic rings. The fourth-order valence-corrected chi connectivity index (χ4v) is 3.72. The molecule has 0 saturated carbocycles. The van der Waals surface area contributed by atoms with Gasteiger partial charge in [0, 0.05) is 24.6 Å². The van der Waals surface area contributed by atoms with Gasteiger partial charge in [0.15, 0.2) is 0 Å². The Hall–Kier alpha value is -1.20. The van der Waals surface area contributed by atoms with E-state index >= 15 is 0 Å². The van der Waals surface area contributed by atoms with Gasteiger partial charge in [-0.1, -0.05) is 13.8 Å². The first-order chi connectivity index (χ1) is 9.69. The SMILES string of the molecule is CC(C)c1cc2c(N3CCC(CO)CC3)ncnc2s1. The van der Waals surface area contributed by atoms with Gasteiger partial charge in [-0.25, -0.2) is 9.97 Å². The van der Waals surface area contributed by atoms with Crippen LogP contribution in [0.4, 0.5) is 5.82 Å². The molecule has 0 bridgehead atoms. The monoisotopic (exact) mass is 291 g/mol. The molecule has 1 fully saturated rings. The Morgan fingerprint density at radius 3 is 2.75 bits per heavy atom. The van der Waals surface area contributed by atoms with Crippen LogP contribution in [0.3, 0.4) is 0 Å². The van der Waals surface area contributed by atoms with Gasteiger partial charge in [0.05, 0.1) is 5.39 Å². The van der Waals surface area contributed by atoms with Crippen LogP contribution in [0.15, 0.2) is 12.4 Å². The van der Waals surface area contributed by atoms with Crippen LogP contribution in [-0.4, -0.2) is 34.8 Å². The second kappa shape index (κ2) is 5.66. The highest BCUT2D eigenvalue weighted by Crippen LogP contribution is 2.34. The molecule has 0 aliphatic carbocycles. The van der Waals surface area contributed by atoms with Crippen molar-refractivity contribution in [1.29, 1.82) is 0 Å². The normalized spacial score (nSPS) is 17.3. The standard InChI is InChI=1S/C15H21N3OS/c1-10(2)13-7-12-14(16-9-17-15(12)20-13)18-5-3-11(8-19)4-6-18/h7,9-11,19H,3-6,8H2,1-2H3. The highest BCUT2D eigenvalue weighted by atomic mass is 32.1. The fraction of sp³-hybridized carbons (Fsp3) is 0.600. The van der Waals surface area contributed by atoms with Gasteiger partial charge in [-0.15, -0.1) is 11.3 Å². The topological polar surface area (TPSA) is 49.2 Å². The Morgan fingerprint density at radius 1 is 1.35 bits per heavy atom. The molecule has 3 heterocycles. The molecule has 4 nitrogen and oxygen atoms in total. The van der Waals surface area contributed by atoms with Crippen LogP contribution in [0.1, 0.15) is 37.5 Å². The summed E-state index contributed by atoms with van der Waals surface area (Å²) in [4.78, 5) is 13.7. The van der Waals surface area contributed by atoms with Crippen LogP contribution in [0.5, 0.6) is 0 Å². The lowest BCUT2D eigenvalue weighted by atomic mass is 9.98. The molecule has 108 valence electrons. The molecule has 0 unspecified atom stereocenters. The van der Waals surface area contributed by atoms with E-state index in [9.17, 15) is 5.11 Å². The fourth-order valence-electron chi connectivity index (χ4n) is 2.73. The number of rotatable bonds is 3. The van der Waals surface area contributed by atoms with Gasteiger partial charge in [-0.05, 0) is 30.7 Å². The van der Waals surface area contributed by atoms with Gasteiger partial charge in [-0.3, -0.25) is 0 Å². The molecule has 0 radical (unpaired) electrons. The van der Waals surface area contributed by atoms with Crippen molar-refractivity contribution in [2.45, 2.75) is 32.6 Å². The molecule has 1 aliphatic heterocycles. The number of aliphatic hydroxyl groups is 1. The van der Waals surface area contributed by atoms with Crippen molar-refractivity contribution >= 4 is 27.4 Å². The average molecular weight is 291 g/mol. The molecule has 5 heteroatoms. The molecular weight excluding hydrogens is 270 g/mol. The summed E-state index contributed by atoms with van der Waals surface area (Å²) in [6, 6.07) is 2.25. The predicted octanol–water partition coefficient (Wildman–Crippen LogP) is 3.02. The number of piperidine rings is 1. The van der Waals surface area contributed by atoms with Gasteiger partial charge in [-0.2, -0.15) is 0 Å². The van der Waals surface area contributed by atoms with E-state index in [1.807, 2.05) is 0 Å². The maximum atomic E-state index is 9.24. The minimum absolute atomic E-state index is 0.309. The Bertz CT molecular complexity index is 588. The minimum atomic E-state index is 0.309. The van der Waals surface area contributed by atoms with E-state index in [-0.39, 0.29) is 0 Å². The largest absolute Gasteiger partial charge is 0.396 e. The first-order valence-corrected chi connectivity index (χ1v) is 8.11. The summed E-state index contributed by atoms with van der Waals surface area (Å²) in [5, 5.41) is 10.4. The Labute approximate surface area is 123 Å². The number of hydrogen-bond acceptors (Lipinski definition) is 5. The maximum absolute atomic E-state index is 9.24. The number of nitrogens with zero attached hydrogens (tertiary/aromatic N) is 3. The van der Waals surface area contributed by atoms with Crippen molar-refractivity contribution in [2.24, 2.45) is 5.92 Å². The van der Waals surface area contributed by atoms with Gasteiger partial charge < -0.3 is 10.0 Å². The minimum Gasteiger partial charge on any atom is -0.396 e. The highest BCUT2D eigenvalue weighted by molar-refractivity contribution is 7.18. The lowest BCUT2D eigenvalue weighted by Gasteiger charge is -2.32. The lowest BCUT2D eigenvalue weighted by Crippen LogP contribution is -2.35. The van der Waals surface area contributed by atoms with E-state index in [4.69, 9.17) is 0 Å². The van der Waals surface area contributed by atoms with Crippen LogP contribution in [-0.2, 0) is 0 Å². The third kappa shape index (κ3) is 2.52. The number of anilines is 1. The first kappa shape index (κ1) is 13.8. The van der Waals surface area contributed by atoms with Crippen LogP contribution in [0.2, 0.25) is 0 Å². The molecule has 2 aromatic rings. The van der Waals surface area contributed by atoms with E-state index in [1.165, 1.54) is 10.3 Å². The molecule has 0 atom stereocenters. The number of hydrogen-bond donors (Lipinski definition) is 1. The average Bonchev–Trinajstić information content (AvgIpc) is 2.91. The Morgan fingerprint density at radius 2 is 2.10 bits per heavy atom. The van der Waals surface area contributed by atoms with Crippen molar-refractivity contribution in [3.63, 3.8) is 0 Å². The van der Waals surface area contributed by atoms with E-state index in [2.05, 4.69) is 34.8 Å². The van der Waals surface area contributed by atoms with Crippen LogP contribution in [0.25, 0.3) is 10.2 Å². The maximum Gasteiger partial charge on any atom is 0.140 e. The molecule has 1 saturated heterocycles. The van der Waals surface area contributed by atoms with Crippen molar-refractivity contribution < 1.29 is 5.11 Å².